The van der Waals surface area contributed by atoms with Gasteiger partial charge in [-0.05, 0) is 6.07 Å². The fourth-order valence-electron chi connectivity index (χ4n) is 1.22. The molecule has 9 heteroatoms. The van der Waals surface area contributed by atoms with Crippen molar-refractivity contribution in [2.24, 2.45) is 0 Å². The van der Waals surface area contributed by atoms with Gasteiger partial charge in [0.25, 0.3) is 0 Å². The molecular weight excluding hydrogens is 243 g/mol. The molecular formula is C7H6BClFNO5. The van der Waals surface area contributed by atoms with Gasteiger partial charge < -0.3 is 14.8 Å². The zero-order chi connectivity index (χ0) is 12.5. The van der Waals surface area contributed by atoms with E-state index in [4.69, 9.17) is 21.6 Å². The van der Waals surface area contributed by atoms with Gasteiger partial charge >= 0.3 is 12.8 Å². The van der Waals surface area contributed by atoms with Gasteiger partial charge in [0.15, 0.2) is 5.82 Å². The normalized spacial score (nSPS) is 10.1. The molecule has 86 valence electrons. The summed E-state index contributed by atoms with van der Waals surface area (Å²) in [6.45, 7) is 0. The first kappa shape index (κ1) is 12.7. The summed E-state index contributed by atoms with van der Waals surface area (Å²) in [7, 11) is -1.17. The summed E-state index contributed by atoms with van der Waals surface area (Å²) >= 11 is 5.48. The SMILES string of the molecule is COc1c(F)cc(Cl)c(B(O)O)c1[N+](=O)[O-]. The predicted molar refractivity (Wildman–Crippen MR) is 54.4 cm³/mol. The lowest BCUT2D eigenvalue weighted by atomic mass is 9.78. The third-order valence-corrected chi connectivity index (χ3v) is 2.16. The van der Waals surface area contributed by atoms with Crippen LogP contribution in [0.1, 0.15) is 0 Å². The predicted octanol–water partition coefficient (Wildman–Crippen LogP) is 0.0757. The maximum absolute atomic E-state index is 13.2. The number of nitro benzene ring substituents is 1. The molecule has 0 atom stereocenters. The van der Waals surface area contributed by atoms with Gasteiger partial charge in [0.1, 0.15) is 0 Å². The van der Waals surface area contributed by atoms with E-state index in [0.717, 1.165) is 7.11 Å². The number of halogens is 2. The molecule has 2 N–H and O–H groups in total. The second-order valence-electron chi connectivity index (χ2n) is 2.77. The third-order valence-electron chi connectivity index (χ3n) is 1.84. The van der Waals surface area contributed by atoms with Crippen LogP contribution >= 0.6 is 11.6 Å². The minimum absolute atomic E-state index is 0.458. The Labute approximate surface area is 94.5 Å². The number of nitrogens with zero attached hydrogens (tertiary/aromatic N) is 1. The molecule has 0 aliphatic carbocycles. The van der Waals surface area contributed by atoms with E-state index in [2.05, 4.69) is 4.74 Å². The summed E-state index contributed by atoms with van der Waals surface area (Å²) in [5.41, 5.74) is -1.51. The van der Waals surface area contributed by atoms with Gasteiger partial charge in [0, 0.05) is 0 Å². The number of benzene rings is 1. The van der Waals surface area contributed by atoms with E-state index in [-0.39, 0.29) is 0 Å². The monoisotopic (exact) mass is 249 g/mol. The highest BCUT2D eigenvalue weighted by molar-refractivity contribution is 6.64. The number of hydrogen-bond donors (Lipinski definition) is 2. The maximum atomic E-state index is 13.2. The molecule has 0 aliphatic heterocycles. The Balaban J connectivity index is 3.65. The van der Waals surface area contributed by atoms with Gasteiger partial charge in [-0.1, -0.05) is 11.6 Å². The highest BCUT2D eigenvalue weighted by Crippen LogP contribution is 2.31. The summed E-state index contributed by atoms with van der Waals surface area (Å²) < 4.78 is 17.7. The van der Waals surface area contributed by atoms with E-state index in [9.17, 15) is 14.5 Å². The minimum Gasteiger partial charge on any atom is -0.488 e. The van der Waals surface area contributed by atoms with Crippen molar-refractivity contribution in [3.8, 4) is 5.75 Å². The molecule has 0 aliphatic rings. The molecule has 1 rings (SSSR count). The van der Waals surface area contributed by atoms with E-state index >= 15 is 0 Å². The largest absolute Gasteiger partial charge is 0.497 e. The minimum atomic E-state index is -2.19. The van der Waals surface area contributed by atoms with E-state index in [1.165, 1.54) is 0 Å². The van der Waals surface area contributed by atoms with Crippen LogP contribution < -0.4 is 10.2 Å². The first-order valence-electron chi connectivity index (χ1n) is 3.96. The number of rotatable bonds is 3. The fourth-order valence-corrected chi connectivity index (χ4v) is 1.51. The molecule has 0 fully saturated rings. The van der Waals surface area contributed by atoms with Crippen molar-refractivity contribution >= 4 is 29.9 Å². The van der Waals surface area contributed by atoms with Crippen LogP contribution in [0, 0.1) is 15.9 Å². The Morgan fingerprint density at radius 2 is 2.19 bits per heavy atom. The zero-order valence-corrected chi connectivity index (χ0v) is 8.73. The maximum Gasteiger partial charge on any atom is 0.497 e. The Morgan fingerprint density at radius 3 is 2.56 bits per heavy atom. The van der Waals surface area contributed by atoms with Crippen LogP contribution in [0.4, 0.5) is 10.1 Å². The topological polar surface area (TPSA) is 92.8 Å². The Hall–Kier alpha value is -1.38. The molecule has 0 unspecified atom stereocenters. The fraction of sp³-hybridized carbons (Fsp3) is 0.143. The van der Waals surface area contributed by atoms with Crippen LogP contribution in [0.3, 0.4) is 0 Å². The van der Waals surface area contributed by atoms with Crippen LogP contribution in [0.5, 0.6) is 5.75 Å². The summed E-state index contributed by atoms with van der Waals surface area (Å²) in [6.07, 6.45) is 0. The Morgan fingerprint density at radius 1 is 1.62 bits per heavy atom. The van der Waals surface area contributed by atoms with Crippen molar-refractivity contribution < 1.29 is 24.1 Å². The van der Waals surface area contributed by atoms with Crippen LogP contribution in [0.15, 0.2) is 6.07 Å². The van der Waals surface area contributed by atoms with Crippen molar-refractivity contribution in [2.45, 2.75) is 0 Å². The van der Waals surface area contributed by atoms with Gasteiger partial charge in [0.2, 0.25) is 5.75 Å². The molecule has 6 nitrogen and oxygen atoms in total. The summed E-state index contributed by atoms with van der Waals surface area (Å²) in [4.78, 5) is 9.69. The van der Waals surface area contributed by atoms with Crippen molar-refractivity contribution in [1.82, 2.24) is 0 Å². The standard InChI is InChI=1S/C7H6BClFNO5/c1-16-7-4(10)2-3(9)5(8(12)13)6(7)11(14)15/h2,12-13H,1H3. The van der Waals surface area contributed by atoms with Gasteiger partial charge in [-0.2, -0.15) is 0 Å². The van der Waals surface area contributed by atoms with E-state index in [1.807, 2.05) is 0 Å². The lowest BCUT2D eigenvalue weighted by molar-refractivity contribution is -0.384. The first-order chi connectivity index (χ1) is 7.40. The van der Waals surface area contributed by atoms with Crippen molar-refractivity contribution in [3.63, 3.8) is 0 Å². The second-order valence-corrected chi connectivity index (χ2v) is 3.17. The average molecular weight is 249 g/mol. The third kappa shape index (κ3) is 2.08. The van der Waals surface area contributed by atoms with Crippen molar-refractivity contribution in [2.75, 3.05) is 7.11 Å². The summed E-state index contributed by atoms with van der Waals surface area (Å²) in [5.74, 6) is -1.75. The average Bonchev–Trinajstić information content (AvgIpc) is 2.15. The van der Waals surface area contributed by atoms with E-state index in [1.54, 1.807) is 0 Å². The number of methoxy groups -OCH3 is 1. The number of nitro groups is 1. The molecule has 1 aromatic rings. The summed E-state index contributed by atoms with van der Waals surface area (Å²) in [5, 5.41) is 28.1. The molecule has 0 amide bonds. The molecule has 0 bridgehead atoms. The number of hydrogen-bond acceptors (Lipinski definition) is 5. The highest BCUT2D eigenvalue weighted by Gasteiger charge is 2.33. The number of ether oxygens (including phenoxy) is 1. The molecule has 0 spiro atoms. The second kappa shape index (κ2) is 4.64. The van der Waals surface area contributed by atoms with Crippen LogP contribution in [0.25, 0.3) is 0 Å². The molecule has 16 heavy (non-hydrogen) atoms. The van der Waals surface area contributed by atoms with Crippen LogP contribution in [0.2, 0.25) is 5.02 Å². The quantitative estimate of drug-likeness (QED) is 0.449. The molecule has 1 aromatic carbocycles. The zero-order valence-electron chi connectivity index (χ0n) is 7.98. The van der Waals surface area contributed by atoms with Crippen molar-refractivity contribution in [3.05, 3.63) is 27.0 Å². The molecule has 0 heterocycles. The highest BCUT2D eigenvalue weighted by atomic mass is 35.5. The van der Waals surface area contributed by atoms with Gasteiger partial charge in [0.05, 0.1) is 22.5 Å². The molecule has 0 saturated carbocycles. The van der Waals surface area contributed by atoms with E-state index in [0.29, 0.717) is 6.07 Å². The van der Waals surface area contributed by atoms with Gasteiger partial charge in [-0.15, -0.1) is 0 Å². The van der Waals surface area contributed by atoms with Gasteiger partial charge in [-0.3, -0.25) is 10.1 Å². The summed E-state index contributed by atoms with van der Waals surface area (Å²) in [6, 6.07) is 0.710. The molecule has 0 aromatic heterocycles. The van der Waals surface area contributed by atoms with Crippen LogP contribution in [-0.2, 0) is 0 Å². The van der Waals surface area contributed by atoms with Crippen LogP contribution in [-0.4, -0.2) is 29.2 Å². The lowest BCUT2D eigenvalue weighted by Gasteiger charge is -2.09. The lowest BCUT2D eigenvalue weighted by Crippen LogP contribution is -2.33. The molecule has 0 radical (unpaired) electrons. The molecule has 0 saturated heterocycles. The Bertz CT molecular complexity index is 441. The van der Waals surface area contributed by atoms with E-state index < -0.39 is 39.8 Å². The Kier molecular flexibility index (Phi) is 3.68. The smallest absolute Gasteiger partial charge is 0.488 e. The van der Waals surface area contributed by atoms with Gasteiger partial charge in [-0.25, -0.2) is 4.39 Å². The first-order valence-corrected chi connectivity index (χ1v) is 4.34. The van der Waals surface area contributed by atoms with Crippen molar-refractivity contribution in [1.29, 1.82) is 0 Å².